The summed E-state index contributed by atoms with van der Waals surface area (Å²) in [4.78, 5) is 18.9. The van der Waals surface area contributed by atoms with Crippen molar-refractivity contribution in [2.75, 3.05) is 0 Å². The molecule has 0 bridgehead atoms. The van der Waals surface area contributed by atoms with E-state index in [0.29, 0.717) is 23.7 Å². The van der Waals surface area contributed by atoms with E-state index in [-0.39, 0.29) is 12.1 Å². The van der Waals surface area contributed by atoms with Gasteiger partial charge in [-0.15, -0.1) is 0 Å². The summed E-state index contributed by atoms with van der Waals surface area (Å²) >= 11 is 0. The third kappa shape index (κ3) is 2.91. The van der Waals surface area contributed by atoms with Gasteiger partial charge in [0.25, 0.3) is 5.91 Å². The molecule has 7 nitrogen and oxygen atoms in total. The zero-order valence-electron chi connectivity index (χ0n) is 13.6. The summed E-state index contributed by atoms with van der Waals surface area (Å²) in [6.07, 6.45) is 11.1. The van der Waals surface area contributed by atoms with Gasteiger partial charge in [-0.25, -0.2) is 0 Å². The average molecular weight is 335 g/mol. The fraction of sp³-hybridized carbons (Fsp3) is 0.167. The number of allylic oxidation sites excluding steroid dienone is 3. The molecule has 0 saturated carbocycles. The highest BCUT2D eigenvalue weighted by atomic mass is 16.5. The lowest BCUT2D eigenvalue weighted by atomic mass is 10.2. The number of fused-ring (bicyclic) bond motifs is 1. The summed E-state index contributed by atoms with van der Waals surface area (Å²) in [7, 11) is 0. The van der Waals surface area contributed by atoms with E-state index in [0.717, 1.165) is 11.3 Å². The van der Waals surface area contributed by atoms with Crippen molar-refractivity contribution in [1.82, 2.24) is 25.7 Å². The highest BCUT2D eigenvalue weighted by molar-refractivity contribution is 5.94. The Morgan fingerprint density at radius 2 is 2.36 bits per heavy atom. The molecule has 4 heterocycles. The van der Waals surface area contributed by atoms with Gasteiger partial charge in [-0.3, -0.25) is 9.78 Å². The number of pyridine rings is 1. The van der Waals surface area contributed by atoms with Crippen LogP contribution in [0.3, 0.4) is 0 Å². The maximum Gasteiger partial charge on any atom is 0.269 e. The molecular formula is C18H17N5O2. The van der Waals surface area contributed by atoms with Crippen molar-refractivity contribution in [1.29, 1.82) is 0 Å². The molecule has 0 aliphatic carbocycles. The number of rotatable bonds is 4. The number of amides is 1. The van der Waals surface area contributed by atoms with E-state index in [1.807, 2.05) is 48.4 Å². The Bertz CT molecular complexity index is 882. The van der Waals surface area contributed by atoms with Crippen LogP contribution >= 0.6 is 0 Å². The molecular weight excluding hydrogens is 318 g/mol. The lowest BCUT2D eigenvalue weighted by molar-refractivity contribution is -0.118. The average Bonchev–Trinajstić information content (AvgIpc) is 3.24. The van der Waals surface area contributed by atoms with Crippen molar-refractivity contribution in [2.24, 2.45) is 0 Å². The Morgan fingerprint density at radius 3 is 3.12 bits per heavy atom. The first-order chi connectivity index (χ1) is 12.2. The maximum atomic E-state index is 12.7. The maximum absolute atomic E-state index is 12.7. The van der Waals surface area contributed by atoms with Crippen LogP contribution in [0.2, 0.25) is 0 Å². The van der Waals surface area contributed by atoms with E-state index < -0.39 is 0 Å². The zero-order chi connectivity index (χ0) is 17.2. The van der Waals surface area contributed by atoms with Crippen LogP contribution in [-0.2, 0) is 11.3 Å². The third-order valence-corrected chi connectivity index (χ3v) is 4.04. The van der Waals surface area contributed by atoms with Crippen LogP contribution in [0.5, 0.6) is 0 Å². The monoisotopic (exact) mass is 335 g/mol. The van der Waals surface area contributed by atoms with E-state index in [1.54, 1.807) is 18.5 Å². The molecule has 4 rings (SSSR count). The molecule has 0 radical (unpaired) electrons. The molecule has 2 aliphatic rings. The number of hydrogen-bond donors (Lipinski definition) is 2. The van der Waals surface area contributed by atoms with Gasteiger partial charge in [0.2, 0.25) is 0 Å². The standard InChI is InChI=1S/C18H17N5O2/c1-12-9-14(22-25-12)11-20-18(24)16-15-6-2-3-8-23(15)17(21-16)13-5-4-7-19-10-13/h2-10,17,21H,11H2,1H3,(H,20,24). The molecule has 2 aliphatic heterocycles. The quantitative estimate of drug-likeness (QED) is 0.888. The Morgan fingerprint density at radius 1 is 1.44 bits per heavy atom. The summed E-state index contributed by atoms with van der Waals surface area (Å²) in [5.41, 5.74) is 3.02. The molecule has 126 valence electrons. The lowest BCUT2D eigenvalue weighted by Gasteiger charge is -2.25. The summed E-state index contributed by atoms with van der Waals surface area (Å²) in [5, 5.41) is 10.1. The lowest BCUT2D eigenvalue weighted by Crippen LogP contribution is -2.31. The smallest absolute Gasteiger partial charge is 0.269 e. The largest absolute Gasteiger partial charge is 0.361 e. The van der Waals surface area contributed by atoms with E-state index in [1.165, 1.54) is 0 Å². The SMILES string of the molecule is Cc1cc(CNC(=O)C2=C3C=CC=CN3C(c3cccnc3)N2)no1. The Labute approximate surface area is 144 Å². The molecule has 2 N–H and O–H groups in total. The van der Waals surface area contributed by atoms with E-state index in [2.05, 4.69) is 20.8 Å². The number of aromatic nitrogens is 2. The van der Waals surface area contributed by atoms with Crippen LogP contribution in [0.1, 0.15) is 23.2 Å². The first-order valence-electron chi connectivity index (χ1n) is 7.97. The number of carbonyl (C=O) groups excluding carboxylic acids is 1. The number of nitrogens with one attached hydrogen (secondary N) is 2. The van der Waals surface area contributed by atoms with Crippen molar-refractivity contribution >= 4 is 5.91 Å². The van der Waals surface area contributed by atoms with Crippen LogP contribution in [0, 0.1) is 6.92 Å². The second-order valence-electron chi connectivity index (χ2n) is 5.81. The van der Waals surface area contributed by atoms with Gasteiger partial charge in [-0.1, -0.05) is 17.3 Å². The van der Waals surface area contributed by atoms with Crippen LogP contribution in [0.25, 0.3) is 0 Å². The fourth-order valence-corrected chi connectivity index (χ4v) is 2.90. The molecule has 0 spiro atoms. The molecule has 1 unspecified atom stereocenters. The normalized spacial score (nSPS) is 18.3. The Kier molecular flexibility index (Phi) is 3.81. The molecule has 0 saturated heterocycles. The van der Waals surface area contributed by atoms with Gasteiger partial charge >= 0.3 is 0 Å². The molecule has 2 aromatic rings. The first kappa shape index (κ1) is 15.2. The second-order valence-corrected chi connectivity index (χ2v) is 5.81. The summed E-state index contributed by atoms with van der Waals surface area (Å²) in [5.74, 6) is 0.528. The molecule has 1 amide bonds. The van der Waals surface area contributed by atoms with Gasteiger partial charge in [0.1, 0.15) is 23.3 Å². The van der Waals surface area contributed by atoms with Gasteiger partial charge in [0, 0.05) is 30.2 Å². The minimum atomic E-state index is -0.188. The van der Waals surface area contributed by atoms with Crippen LogP contribution in [0.15, 0.2) is 70.9 Å². The van der Waals surface area contributed by atoms with Crippen LogP contribution < -0.4 is 10.6 Å². The number of nitrogens with zero attached hydrogens (tertiary/aromatic N) is 3. The molecule has 0 aromatic carbocycles. The number of hydrogen-bond acceptors (Lipinski definition) is 6. The second kappa shape index (κ2) is 6.27. The topological polar surface area (TPSA) is 83.3 Å². The molecule has 0 fully saturated rings. The number of carbonyl (C=O) groups is 1. The number of aryl methyl sites for hydroxylation is 1. The predicted octanol–water partition coefficient (Wildman–Crippen LogP) is 1.89. The zero-order valence-corrected chi connectivity index (χ0v) is 13.6. The summed E-state index contributed by atoms with van der Waals surface area (Å²) < 4.78 is 5.02. The molecule has 1 atom stereocenters. The summed E-state index contributed by atoms with van der Waals surface area (Å²) in [6, 6.07) is 5.66. The van der Waals surface area contributed by atoms with Crippen molar-refractivity contribution < 1.29 is 9.32 Å². The highest BCUT2D eigenvalue weighted by Gasteiger charge is 2.33. The van der Waals surface area contributed by atoms with Crippen molar-refractivity contribution in [2.45, 2.75) is 19.6 Å². The minimum absolute atomic E-state index is 0.167. The van der Waals surface area contributed by atoms with Gasteiger partial charge in [0.15, 0.2) is 0 Å². The van der Waals surface area contributed by atoms with Gasteiger partial charge < -0.3 is 20.1 Å². The van der Waals surface area contributed by atoms with Crippen LogP contribution in [-0.4, -0.2) is 20.9 Å². The fourth-order valence-electron chi connectivity index (χ4n) is 2.90. The van der Waals surface area contributed by atoms with Gasteiger partial charge in [0.05, 0.1) is 12.2 Å². The van der Waals surface area contributed by atoms with Crippen molar-refractivity contribution in [3.8, 4) is 0 Å². The van der Waals surface area contributed by atoms with Gasteiger partial charge in [-0.05, 0) is 25.1 Å². The predicted molar refractivity (Wildman–Crippen MR) is 90.3 cm³/mol. The third-order valence-electron chi connectivity index (χ3n) is 4.04. The Balaban J connectivity index is 1.54. The van der Waals surface area contributed by atoms with E-state index >= 15 is 0 Å². The van der Waals surface area contributed by atoms with E-state index in [4.69, 9.17) is 4.52 Å². The first-order valence-corrected chi connectivity index (χ1v) is 7.97. The summed E-state index contributed by atoms with van der Waals surface area (Å²) in [6.45, 7) is 2.13. The van der Waals surface area contributed by atoms with Crippen molar-refractivity contribution in [3.05, 3.63) is 83.4 Å². The Hall–Kier alpha value is -3.35. The van der Waals surface area contributed by atoms with Crippen LogP contribution in [0.4, 0.5) is 0 Å². The van der Waals surface area contributed by atoms with Crippen molar-refractivity contribution in [3.63, 3.8) is 0 Å². The van der Waals surface area contributed by atoms with Gasteiger partial charge in [-0.2, -0.15) is 0 Å². The highest BCUT2D eigenvalue weighted by Crippen LogP contribution is 2.33. The molecule has 7 heteroatoms. The van der Waals surface area contributed by atoms with E-state index in [9.17, 15) is 4.79 Å². The minimum Gasteiger partial charge on any atom is -0.361 e. The molecule has 2 aromatic heterocycles. The molecule has 25 heavy (non-hydrogen) atoms.